The molecule has 18 heavy (non-hydrogen) atoms. The molecule has 0 bridgehead atoms. The number of aryl methyl sites for hydroxylation is 1. The van der Waals surface area contributed by atoms with Crippen LogP contribution in [-0.4, -0.2) is 19.3 Å². The molecule has 0 spiro atoms. The summed E-state index contributed by atoms with van der Waals surface area (Å²) in [6.07, 6.45) is 1.53. The number of nitrogens with one attached hydrogen (secondary N) is 1. The molecule has 1 saturated heterocycles. The fraction of sp³-hybridized carbons (Fsp3) is 0.533. The monoisotopic (exact) mass is 244 g/mol. The van der Waals surface area contributed by atoms with E-state index in [1.807, 2.05) is 18.2 Å². The van der Waals surface area contributed by atoms with Crippen LogP contribution in [0.25, 0.3) is 0 Å². The van der Waals surface area contributed by atoms with Gasteiger partial charge in [0.05, 0.1) is 17.7 Å². The summed E-state index contributed by atoms with van der Waals surface area (Å²) in [4.78, 5) is 0. The van der Waals surface area contributed by atoms with Crippen LogP contribution in [0.4, 0.5) is 0 Å². The summed E-state index contributed by atoms with van der Waals surface area (Å²) in [6, 6.07) is 8.02. The Morgan fingerprint density at radius 2 is 2.33 bits per heavy atom. The standard InChI is InChI=1S/C15H20N2O/c1-11-7-13(8-16)3-4-14(11)9-17-10-15-5-6-18-12(15)2/h3-4,7,12,15,17H,5-6,9-10H2,1-2H3. The Kier molecular flexibility index (Phi) is 4.35. The molecule has 0 radical (unpaired) electrons. The van der Waals surface area contributed by atoms with Gasteiger partial charge >= 0.3 is 0 Å². The molecule has 96 valence electrons. The zero-order valence-corrected chi connectivity index (χ0v) is 11.1. The summed E-state index contributed by atoms with van der Waals surface area (Å²) in [5.41, 5.74) is 3.17. The third kappa shape index (κ3) is 3.10. The Balaban J connectivity index is 1.85. The number of hydrogen-bond donors (Lipinski definition) is 1. The average molecular weight is 244 g/mol. The van der Waals surface area contributed by atoms with Crippen molar-refractivity contribution in [2.75, 3.05) is 13.2 Å². The van der Waals surface area contributed by atoms with Crippen molar-refractivity contribution in [1.82, 2.24) is 5.32 Å². The Labute approximate surface area is 109 Å². The van der Waals surface area contributed by atoms with Gasteiger partial charge in [-0.15, -0.1) is 0 Å². The van der Waals surface area contributed by atoms with Crippen molar-refractivity contribution in [1.29, 1.82) is 5.26 Å². The van der Waals surface area contributed by atoms with E-state index in [0.29, 0.717) is 12.0 Å². The minimum Gasteiger partial charge on any atom is -0.378 e. The van der Waals surface area contributed by atoms with Crippen LogP contribution in [0.3, 0.4) is 0 Å². The zero-order valence-electron chi connectivity index (χ0n) is 11.1. The molecule has 3 heteroatoms. The molecule has 0 aliphatic carbocycles. The molecule has 0 saturated carbocycles. The molecule has 2 unspecified atom stereocenters. The second-order valence-electron chi connectivity index (χ2n) is 5.01. The van der Waals surface area contributed by atoms with E-state index in [0.717, 1.165) is 31.7 Å². The van der Waals surface area contributed by atoms with Gasteiger partial charge in [-0.25, -0.2) is 0 Å². The third-order valence-electron chi connectivity index (χ3n) is 3.73. The topological polar surface area (TPSA) is 45.0 Å². The highest BCUT2D eigenvalue weighted by atomic mass is 16.5. The highest BCUT2D eigenvalue weighted by Gasteiger charge is 2.23. The number of rotatable bonds is 4. The van der Waals surface area contributed by atoms with E-state index in [4.69, 9.17) is 10.00 Å². The van der Waals surface area contributed by atoms with Gasteiger partial charge in [-0.2, -0.15) is 5.26 Å². The maximum Gasteiger partial charge on any atom is 0.0991 e. The Bertz CT molecular complexity index is 450. The fourth-order valence-electron chi connectivity index (χ4n) is 2.40. The van der Waals surface area contributed by atoms with E-state index in [-0.39, 0.29) is 0 Å². The smallest absolute Gasteiger partial charge is 0.0991 e. The molecule has 1 aromatic rings. The SMILES string of the molecule is Cc1cc(C#N)ccc1CNCC1CCOC1C. The van der Waals surface area contributed by atoms with Crippen molar-refractivity contribution in [2.24, 2.45) is 5.92 Å². The van der Waals surface area contributed by atoms with Crippen LogP contribution in [-0.2, 0) is 11.3 Å². The van der Waals surface area contributed by atoms with E-state index in [2.05, 4.69) is 25.2 Å². The van der Waals surface area contributed by atoms with Gasteiger partial charge in [0.25, 0.3) is 0 Å². The van der Waals surface area contributed by atoms with Crippen LogP contribution >= 0.6 is 0 Å². The normalized spacial score (nSPS) is 22.9. The summed E-state index contributed by atoms with van der Waals surface area (Å²) < 4.78 is 5.55. The number of hydrogen-bond acceptors (Lipinski definition) is 3. The van der Waals surface area contributed by atoms with E-state index >= 15 is 0 Å². The van der Waals surface area contributed by atoms with Gasteiger partial charge in [0.2, 0.25) is 0 Å². The first-order chi connectivity index (χ1) is 8.70. The quantitative estimate of drug-likeness (QED) is 0.884. The molecule has 0 amide bonds. The minimum atomic E-state index is 0.375. The highest BCUT2D eigenvalue weighted by molar-refractivity contribution is 5.37. The summed E-state index contributed by atoms with van der Waals surface area (Å²) in [5, 5.41) is 12.3. The first-order valence-electron chi connectivity index (χ1n) is 6.52. The lowest BCUT2D eigenvalue weighted by Gasteiger charge is -2.15. The van der Waals surface area contributed by atoms with E-state index in [1.165, 1.54) is 11.1 Å². The van der Waals surface area contributed by atoms with Crippen molar-refractivity contribution in [3.05, 3.63) is 34.9 Å². The van der Waals surface area contributed by atoms with Gasteiger partial charge in [0.1, 0.15) is 0 Å². The maximum absolute atomic E-state index is 8.82. The summed E-state index contributed by atoms with van der Waals surface area (Å²) >= 11 is 0. The van der Waals surface area contributed by atoms with Crippen LogP contribution in [0.15, 0.2) is 18.2 Å². The van der Waals surface area contributed by atoms with Gasteiger partial charge in [0, 0.05) is 19.7 Å². The number of ether oxygens (including phenoxy) is 1. The van der Waals surface area contributed by atoms with Gasteiger partial charge in [-0.1, -0.05) is 6.07 Å². The summed E-state index contributed by atoms with van der Waals surface area (Å²) in [6.45, 7) is 6.95. The lowest BCUT2D eigenvalue weighted by Crippen LogP contribution is -2.26. The Hall–Kier alpha value is -1.37. The first kappa shape index (κ1) is 13.1. The molecule has 1 heterocycles. The van der Waals surface area contributed by atoms with Crippen molar-refractivity contribution in [3.63, 3.8) is 0 Å². The molecule has 1 aromatic carbocycles. The summed E-state index contributed by atoms with van der Waals surface area (Å²) in [5.74, 6) is 0.628. The maximum atomic E-state index is 8.82. The molecule has 1 aliphatic rings. The van der Waals surface area contributed by atoms with Crippen molar-refractivity contribution >= 4 is 0 Å². The van der Waals surface area contributed by atoms with E-state index in [1.54, 1.807) is 0 Å². The average Bonchev–Trinajstić information content (AvgIpc) is 2.77. The second kappa shape index (κ2) is 5.99. The molecule has 2 atom stereocenters. The van der Waals surface area contributed by atoms with Crippen molar-refractivity contribution in [3.8, 4) is 6.07 Å². The summed E-state index contributed by atoms with van der Waals surface area (Å²) in [7, 11) is 0. The molecular formula is C15H20N2O. The molecule has 3 nitrogen and oxygen atoms in total. The first-order valence-corrected chi connectivity index (χ1v) is 6.52. The lowest BCUT2D eigenvalue weighted by molar-refractivity contribution is 0.105. The predicted molar refractivity (Wildman–Crippen MR) is 71.1 cm³/mol. The largest absolute Gasteiger partial charge is 0.378 e. The predicted octanol–water partition coefficient (Wildman–Crippen LogP) is 2.38. The molecular weight excluding hydrogens is 224 g/mol. The van der Waals surface area contributed by atoms with Crippen molar-refractivity contribution in [2.45, 2.75) is 32.9 Å². The lowest BCUT2D eigenvalue weighted by atomic mass is 10.0. The Morgan fingerprint density at radius 3 is 2.94 bits per heavy atom. The fourth-order valence-corrected chi connectivity index (χ4v) is 2.40. The number of nitrogens with zero attached hydrogens (tertiary/aromatic N) is 1. The van der Waals surface area contributed by atoms with Crippen molar-refractivity contribution < 1.29 is 4.74 Å². The minimum absolute atomic E-state index is 0.375. The van der Waals surface area contributed by atoms with Gasteiger partial charge in [0.15, 0.2) is 0 Å². The van der Waals surface area contributed by atoms with E-state index in [9.17, 15) is 0 Å². The van der Waals surface area contributed by atoms with Gasteiger partial charge in [-0.05, 0) is 49.4 Å². The van der Waals surface area contributed by atoms with Gasteiger partial charge in [-0.3, -0.25) is 0 Å². The van der Waals surface area contributed by atoms with Crippen LogP contribution in [0.1, 0.15) is 30.0 Å². The molecule has 2 rings (SSSR count). The molecule has 0 aromatic heterocycles. The van der Waals surface area contributed by atoms with Crippen LogP contribution in [0, 0.1) is 24.2 Å². The number of benzene rings is 1. The Morgan fingerprint density at radius 1 is 1.50 bits per heavy atom. The van der Waals surface area contributed by atoms with E-state index < -0.39 is 0 Å². The number of nitriles is 1. The van der Waals surface area contributed by atoms with Crippen LogP contribution < -0.4 is 5.32 Å². The zero-order chi connectivity index (χ0) is 13.0. The van der Waals surface area contributed by atoms with Crippen LogP contribution in [0.2, 0.25) is 0 Å². The second-order valence-corrected chi connectivity index (χ2v) is 5.01. The molecule has 1 N–H and O–H groups in total. The van der Waals surface area contributed by atoms with Crippen LogP contribution in [0.5, 0.6) is 0 Å². The van der Waals surface area contributed by atoms with Gasteiger partial charge < -0.3 is 10.1 Å². The third-order valence-corrected chi connectivity index (χ3v) is 3.73. The molecule has 1 aliphatic heterocycles. The molecule has 1 fully saturated rings. The highest BCUT2D eigenvalue weighted by Crippen LogP contribution is 2.19.